The van der Waals surface area contributed by atoms with Gasteiger partial charge in [0.1, 0.15) is 6.61 Å². The molecule has 0 unspecified atom stereocenters. The van der Waals surface area contributed by atoms with E-state index in [9.17, 15) is 18.0 Å². The van der Waals surface area contributed by atoms with Crippen molar-refractivity contribution in [2.75, 3.05) is 26.2 Å². The van der Waals surface area contributed by atoms with Crippen LogP contribution in [0.2, 0.25) is 0 Å². The highest BCUT2D eigenvalue weighted by atomic mass is 32.2. The summed E-state index contributed by atoms with van der Waals surface area (Å²) in [5.41, 5.74) is 1.44. The molecule has 0 saturated carbocycles. The van der Waals surface area contributed by atoms with Crippen LogP contribution >= 0.6 is 0 Å². The average molecular weight is 309 g/mol. The molecule has 10 heteroatoms. The van der Waals surface area contributed by atoms with Gasteiger partial charge in [-0.3, -0.25) is 10.0 Å². The fraction of sp³-hybridized carbons (Fsp3) is 0.800. The molecule has 0 aliphatic carbocycles. The topological polar surface area (TPSA) is 116 Å². The highest BCUT2D eigenvalue weighted by Gasteiger charge is 2.37. The molecular weight excluding hydrogens is 290 g/mol. The molecule has 1 heterocycles. The van der Waals surface area contributed by atoms with Crippen LogP contribution in [0, 0.1) is 0 Å². The minimum absolute atomic E-state index is 0.0246. The number of amides is 2. The first kappa shape index (κ1) is 16.7. The zero-order chi connectivity index (χ0) is 15.2. The first-order valence-corrected chi connectivity index (χ1v) is 7.70. The molecule has 116 valence electrons. The highest BCUT2D eigenvalue weighted by molar-refractivity contribution is 7.87. The van der Waals surface area contributed by atoms with Crippen LogP contribution in [0.4, 0.5) is 4.79 Å². The van der Waals surface area contributed by atoms with Crippen LogP contribution in [0.1, 0.15) is 26.2 Å². The van der Waals surface area contributed by atoms with Crippen molar-refractivity contribution < 1.29 is 28.0 Å². The molecule has 0 spiro atoms. The molecule has 0 bridgehead atoms. The van der Waals surface area contributed by atoms with E-state index in [2.05, 4.69) is 4.74 Å². The van der Waals surface area contributed by atoms with E-state index in [1.807, 2.05) is 6.92 Å². The van der Waals surface area contributed by atoms with Gasteiger partial charge in [0.25, 0.3) is 0 Å². The van der Waals surface area contributed by atoms with E-state index in [1.165, 1.54) is 5.48 Å². The molecule has 0 radical (unpaired) electrons. The van der Waals surface area contributed by atoms with Crippen molar-refractivity contribution in [3.8, 4) is 0 Å². The lowest BCUT2D eigenvalue weighted by Gasteiger charge is -2.25. The summed E-state index contributed by atoms with van der Waals surface area (Å²) in [5.74, 6) is -0.689. The second kappa shape index (κ2) is 7.41. The molecule has 2 N–H and O–H groups in total. The van der Waals surface area contributed by atoms with Gasteiger partial charge >= 0.3 is 16.3 Å². The number of hydrogen-bond acceptors (Lipinski definition) is 6. The van der Waals surface area contributed by atoms with Gasteiger partial charge in [0.2, 0.25) is 5.91 Å². The number of unbranched alkanes of at least 4 members (excludes halogenated alkanes) is 1. The van der Waals surface area contributed by atoms with E-state index < -0.39 is 22.2 Å². The zero-order valence-corrected chi connectivity index (χ0v) is 12.1. The molecule has 1 aliphatic heterocycles. The third kappa shape index (κ3) is 4.05. The van der Waals surface area contributed by atoms with Crippen LogP contribution in [-0.2, 0) is 19.7 Å². The number of nitrogens with one attached hydrogen (secondary N) is 1. The Morgan fingerprint density at radius 1 is 1.50 bits per heavy atom. The third-order valence-electron chi connectivity index (χ3n) is 2.80. The monoisotopic (exact) mass is 309 g/mol. The zero-order valence-electron chi connectivity index (χ0n) is 11.2. The average Bonchev–Trinajstić information content (AvgIpc) is 2.85. The third-order valence-corrected chi connectivity index (χ3v) is 4.71. The minimum atomic E-state index is -4.00. The van der Waals surface area contributed by atoms with E-state index in [4.69, 9.17) is 5.21 Å². The Balaban J connectivity index is 2.79. The summed E-state index contributed by atoms with van der Waals surface area (Å²) in [6.07, 6.45) is 0.270. The molecule has 2 amide bonds. The summed E-state index contributed by atoms with van der Waals surface area (Å²) in [5, 5.41) is 8.43. The number of hydroxylamine groups is 1. The van der Waals surface area contributed by atoms with Gasteiger partial charge in [-0.2, -0.15) is 17.0 Å². The molecule has 0 aromatic carbocycles. The quantitative estimate of drug-likeness (QED) is 0.469. The summed E-state index contributed by atoms with van der Waals surface area (Å²) in [6, 6.07) is 0. The van der Waals surface area contributed by atoms with Crippen LogP contribution in [0.3, 0.4) is 0 Å². The maximum Gasteiger partial charge on any atom is 0.424 e. The Labute approximate surface area is 117 Å². The van der Waals surface area contributed by atoms with Crippen molar-refractivity contribution in [2.45, 2.75) is 26.2 Å². The molecule has 0 atom stereocenters. The smallest absolute Gasteiger partial charge is 0.424 e. The van der Waals surface area contributed by atoms with Gasteiger partial charge in [-0.05, 0) is 6.42 Å². The fourth-order valence-electron chi connectivity index (χ4n) is 1.69. The second-order valence-corrected chi connectivity index (χ2v) is 6.08. The predicted molar refractivity (Wildman–Crippen MR) is 68.0 cm³/mol. The Bertz CT molecular complexity index is 452. The predicted octanol–water partition coefficient (Wildman–Crippen LogP) is -0.319. The number of hydrogen-bond donors (Lipinski definition) is 2. The lowest BCUT2D eigenvalue weighted by Crippen LogP contribution is -2.45. The molecule has 1 fully saturated rings. The Morgan fingerprint density at radius 2 is 2.20 bits per heavy atom. The Morgan fingerprint density at radius 3 is 2.70 bits per heavy atom. The number of rotatable bonds is 8. The Hall–Kier alpha value is -1.39. The van der Waals surface area contributed by atoms with Gasteiger partial charge in [-0.15, -0.1) is 0 Å². The summed E-state index contributed by atoms with van der Waals surface area (Å²) in [4.78, 5) is 22.4. The van der Waals surface area contributed by atoms with Gasteiger partial charge in [-0.25, -0.2) is 10.3 Å². The van der Waals surface area contributed by atoms with Crippen LogP contribution < -0.4 is 5.48 Å². The number of nitrogens with zero attached hydrogens (tertiary/aromatic N) is 2. The van der Waals surface area contributed by atoms with Crippen molar-refractivity contribution in [2.24, 2.45) is 0 Å². The maximum atomic E-state index is 12.3. The number of carbonyl (C=O) groups is 2. The second-order valence-electron chi connectivity index (χ2n) is 4.23. The standard InChI is InChI=1S/C10H19N3O6S/c1-2-3-5-12(6-4-9(14)11-16)20(17,18)13-7-8-19-10(13)15/h16H,2-8H2,1H3,(H,11,14). The van der Waals surface area contributed by atoms with Crippen molar-refractivity contribution in [3.63, 3.8) is 0 Å². The first-order chi connectivity index (χ1) is 9.43. The van der Waals surface area contributed by atoms with E-state index in [0.717, 1.165) is 10.7 Å². The Kier molecular flexibility index (Phi) is 6.17. The molecule has 0 aromatic heterocycles. The van der Waals surface area contributed by atoms with Gasteiger partial charge in [-0.1, -0.05) is 13.3 Å². The minimum Gasteiger partial charge on any atom is -0.447 e. The summed E-state index contributed by atoms with van der Waals surface area (Å²) >= 11 is 0. The van der Waals surface area contributed by atoms with Gasteiger partial charge in [0.15, 0.2) is 0 Å². The lowest BCUT2D eigenvalue weighted by atomic mass is 10.3. The molecule has 1 saturated heterocycles. The van der Waals surface area contributed by atoms with Crippen molar-refractivity contribution in [3.05, 3.63) is 0 Å². The van der Waals surface area contributed by atoms with E-state index in [1.54, 1.807) is 0 Å². The van der Waals surface area contributed by atoms with Crippen molar-refractivity contribution in [1.29, 1.82) is 0 Å². The van der Waals surface area contributed by atoms with E-state index in [0.29, 0.717) is 10.7 Å². The van der Waals surface area contributed by atoms with Gasteiger partial charge in [0, 0.05) is 19.5 Å². The summed E-state index contributed by atoms with van der Waals surface area (Å²) in [7, 11) is -4.00. The summed E-state index contributed by atoms with van der Waals surface area (Å²) in [6.45, 7) is 1.97. The van der Waals surface area contributed by atoms with Crippen molar-refractivity contribution >= 4 is 22.2 Å². The number of carbonyl (C=O) groups excluding carboxylic acids is 2. The van der Waals surface area contributed by atoms with Gasteiger partial charge in [0.05, 0.1) is 6.54 Å². The molecule has 1 aliphatic rings. The SMILES string of the molecule is CCCCN(CCC(=O)NO)S(=O)(=O)N1CCOC1=O. The van der Waals surface area contributed by atoms with Crippen LogP contribution in [0.25, 0.3) is 0 Å². The molecule has 20 heavy (non-hydrogen) atoms. The van der Waals surface area contributed by atoms with Crippen LogP contribution in [-0.4, -0.2) is 60.5 Å². The molecule has 0 aromatic rings. The number of ether oxygens (including phenoxy) is 1. The number of cyclic esters (lactones) is 1. The highest BCUT2D eigenvalue weighted by Crippen LogP contribution is 2.15. The maximum absolute atomic E-state index is 12.3. The fourth-order valence-corrected chi connectivity index (χ4v) is 3.19. The molecular formula is C10H19N3O6S. The first-order valence-electron chi connectivity index (χ1n) is 6.31. The van der Waals surface area contributed by atoms with Crippen LogP contribution in [0.5, 0.6) is 0 Å². The van der Waals surface area contributed by atoms with E-state index >= 15 is 0 Å². The normalized spacial score (nSPS) is 15.6. The largest absolute Gasteiger partial charge is 0.447 e. The van der Waals surface area contributed by atoms with Gasteiger partial charge < -0.3 is 4.74 Å². The molecule has 9 nitrogen and oxygen atoms in total. The van der Waals surface area contributed by atoms with Crippen molar-refractivity contribution in [1.82, 2.24) is 14.1 Å². The van der Waals surface area contributed by atoms with Crippen LogP contribution in [0.15, 0.2) is 0 Å². The summed E-state index contributed by atoms with van der Waals surface area (Å²) < 4.78 is 30.9. The molecule has 1 rings (SSSR count). The van der Waals surface area contributed by atoms with E-state index in [-0.39, 0.29) is 32.7 Å². The lowest BCUT2D eigenvalue weighted by molar-refractivity contribution is -0.129.